The Morgan fingerprint density at radius 3 is 2.60 bits per heavy atom. The molecule has 2 aromatic carbocycles. The van der Waals surface area contributed by atoms with Gasteiger partial charge in [-0.25, -0.2) is 17.9 Å². The van der Waals surface area contributed by atoms with Crippen LogP contribution in [0.3, 0.4) is 0 Å². The number of benzene rings is 2. The van der Waals surface area contributed by atoms with Crippen molar-refractivity contribution in [2.24, 2.45) is 0 Å². The number of fused-ring (bicyclic) bond motifs is 1. The van der Waals surface area contributed by atoms with Crippen molar-refractivity contribution >= 4 is 32.7 Å². The molecule has 0 amide bonds. The van der Waals surface area contributed by atoms with E-state index in [9.17, 15) is 13.2 Å². The van der Waals surface area contributed by atoms with E-state index in [1.807, 2.05) is 6.07 Å². The lowest BCUT2D eigenvalue weighted by molar-refractivity contribution is 0.0527. The van der Waals surface area contributed by atoms with Crippen molar-refractivity contribution in [2.75, 3.05) is 11.3 Å². The van der Waals surface area contributed by atoms with Gasteiger partial charge in [-0.3, -0.25) is 9.71 Å². The Morgan fingerprint density at radius 2 is 1.83 bits per heavy atom. The van der Waals surface area contributed by atoms with Crippen LogP contribution >= 0.6 is 0 Å². The summed E-state index contributed by atoms with van der Waals surface area (Å²) in [6.45, 7) is 1.82. The number of ether oxygens (including phenoxy) is 1. The third-order valence-electron chi connectivity index (χ3n) is 4.38. The van der Waals surface area contributed by atoms with Crippen LogP contribution in [0, 0.1) is 0 Å². The van der Waals surface area contributed by atoms with E-state index in [4.69, 9.17) is 4.74 Å². The van der Waals surface area contributed by atoms with E-state index in [0.29, 0.717) is 16.6 Å². The van der Waals surface area contributed by atoms with Crippen LogP contribution in [-0.4, -0.2) is 35.8 Å². The summed E-state index contributed by atoms with van der Waals surface area (Å²) in [6.07, 6.45) is 2.81. The van der Waals surface area contributed by atoms with E-state index in [2.05, 4.69) is 14.8 Å². The number of aromatic nitrogens is 3. The van der Waals surface area contributed by atoms with Crippen LogP contribution in [0.4, 0.5) is 5.82 Å². The summed E-state index contributed by atoms with van der Waals surface area (Å²) in [6, 6.07) is 17.3. The molecule has 0 bridgehead atoms. The minimum atomic E-state index is -4.09. The maximum Gasteiger partial charge on any atom is 0.343 e. The predicted octanol–water partition coefficient (Wildman–Crippen LogP) is 3.40. The molecule has 2 heterocycles. The predicted molar refractivity (Wildman–Crippen MR) is 112 cm³/mol. The molecule has 152 valence electrons. The van der Waals surface area contributed by atoms with Gasteiger partial charge >= 0.3 is 5.97 Å². The van der Waals surface area contributed by atoms with Crippen LogP contribution in [0.25, 0.3) is 16.6 Å². The maximum atomic E-state index is 13.3. The van der Waals surface area contributed by atoms with Gasteiger partial charge in [0.2, 0.25) is 0 Å². The second kappa shape index (κ2) is 7.96. The molecule has 0 aliphatic rings. The van der Waals surface area contributed by atoms with E-state index < -0.39 is 16.0 Å². The molecule has 1 N–H and O–H groups in total. The fourth-order valence-electron chi connectivity index (χ4n) is 3.05. The van der Waals surface area contributed by atoms with E-state index in [1.165, 1.54) is 23.1 Å². The Balaban J connectivity index is 1.85. The lowest BCUT2D eigenvalue weighted by Crippen LogP contribution is -2.19. The van der Waals surface area contributed by atoms with Crippen LogP contribution in [0.2, 0.25) is 0 Å². The molecule has 0 fully saturated rings. The van der Waals surface area contributed by atoms with Crippen LogP contribution in [0.5, 0.6) is 0 Å². The van der Waals surface area contributed by atoms with Crippen molar-refractivity contribution < 1.29 is 17.9 Å². The molecule has 2 aromatic heterocycles. The molecule has 8 nitrogen and oxygen atoms in total. The van der Waals surface area contributed by atoms with Gasteiger partial charge in [0.15, 0.2) is 5.82 Å². The largest absolute Gasteiger partial charge is 0.462 e. The fourth-order valence-corrected chi connectivity index (χ4v) is 4.29. The summed E-state index contributed by atoms with van der Waals surface area (Å²) in [5.74, 6) is -0.680. The second-order valence-electron chi connectivity index (χ2n) is 6.31. The third kappa shape index (κ3) is 3.62. The molecule has 30 heavy (non-hydrogen) atoms. The summed E-state index contributed by atoms with van der Waals surface area (Å²) in [7, 11) is -4.09. The lowest BCUT2D eigenvalue weighted by Gasteiger charge is -2.13. The number of esters is 1. The lowest BCUT2D eigenvalue weighted by atomic mass is 10.2. The highest BCUT2D eigenvalue weighted by Crippen LogP contribution is 2.27. The first-order valence-corrected chi connectivity index (χ1v) is 10.7. The van der Waals surface area contributed by atoms with E-state index >= 15 is 0 Å². The van der Waals surface area contributed by atoms with E-state index in [-0.39, 0.29) is 22.9 Å². The SMILES string of the molecule is CCOC(=O)c1cnn(-c2ccccc2)c1NS(=O)(=O)c1cccc2cccnc12. The van der Waals surface area contributed by atoms with E-state index in [0.717, 1.165) is 0 Å². The summed E-state index contributed by atoms with van der Waals surface area (Å²) < 4.78 is 35.5. The van der Waals surface area contributed by atoms with Gasteiger partial charge in [-0.1, -0.05) is 36.4 Å². The number of sulfonamides is 1. The molecule has 0 aliphatic heterocycles. The number of carbonyl (C=O) groups is 1. The van der Waals surface area contributed by atoms with Crippen molar-refractivity contribution in [3.05, 3.63) is 78.6 Å². The average Bonchev–Trinajstić information content (AvgIpc) is 3.17. The first-order chi connectivity index (χ1) is 14.5. The molecule has 0 unspecified atom stereocenters. The van der Waals surface area contributed by atoms with Crippen LogP contribution in [0.1, 0.15) is 17.3 Å². The van der Waals surface area contributed by atoms with Crippen molar-refractivity contribution in [1.29, 1.82) is 0 Å². The minimum absolute atomic E-state index is 0.00350. The Labute approximate surface area is 173 Å². The number of rotatable bonds is 6. The Hall–Kier alpha value is -3.72. The van der Waals surface area contributed by atoms with Gasteiger partial charge in [0.1, 0.15) is 10.5 Å². The number of hydrogen-bond donors (Lipinski definition) is 1. The molecular formula is C21H18N4O4S. The number of anilines is 1. The molecule has 0 atom stereocenters. The quantitative estimate of drug-likeness (QED) is 0.478. The highest BCUT2D eigenvalue weighted by Gasteiger charge is 2.26. The number of para-hydroxylation sites is 2. The summed E-state index contributed by atoms with van der Waals surface area (Å²) >= 11 is 0. The monoisotopic (exact) mass is 422 g/mol. The van der Waals surface area contributed by atoms with Crippen molar-refractivity contribution in [3.8, 4) is 5.69 Å². The van der Waals surface area contributed by atoms with Gasteiger partial charge < -0.3 is 4.74 Å². The number of nitrogens with zero attached hydrogens (tertiary/aromatic N) is 3. The number of pyridine rings is 1. The molecule has 0 spiro atoms. The molecule has 0 aliphatic carbocycles. The number of hydrogen-bond acceptors (Lipinski definition) is 6. The second-order valence-corrected chi connectivity index (χ2v) is 7.96. The zero-order valence-electron chi connectivity index (χ0n) is 16.0. The highest BCUT2D eigenvalue weighted by atomic mass is 32.2. The summed E-state index contributed by atoms with van der Waals surface area (Å²) in [4.78, 5) is 16.6. The molecule has 0 saturated carbocycles. The van der Waals surface area contributed by atoms with E-state index in [1.54, 1.807) is 55.5 Å². The van der Waals surface area contributed by atoms with Crippen LogP contribution in [-0.2, 0) is 14.8 Å². The molecule has 9 heteroatoms. The highest BCUT2D eigenvalue weighted by molar-refractivity contribution is 7.93. The number of nitrogens with one attached hydrogen (secondary N) is 1. The van der Waals surface area contributed by atoms with Gasteiger partial charge in [0.25, 0.3) is 10.0 Å². The summed E-state index contributed by atoms with van der Waals surface area (Å²) in [5, 5.41) is 4.89. The maximum absolute atomic E-state index is 13.3. The first kappa shape index (κ1) is 19.6. The van der Waals surface area contributed by atoms with Crippen molar-refractivity contribution in [1.82, 2.24) is 14.8 Å². The molecule has 4 rings (SSSR count). The smallest absolute Gasteiger partial charge is 0.343 e. The molecule has 4 aromatic rings. The normalized spacial score (nSPS) is 11.4. The fraction of sp³-hybridized carbons (Fsp3) is 0.0952. The van der Waals surface area contributed by atoms with Gasteiger partial charge in [-0.05, 0) is 31.2 Å². The molecule has 0 radical (unpaired) electrons. The topological polar surface area (TPSA) is 103 Å². The van der Waals surface area contributed by atoms with Crippen molar-refractivity contribution in [2.45, 2.75) is 11.8 Å². The first-order valence-electron chi connectivity index (χ1n) is 9.18. The summed E-state index contributed by atoms with van der Waals surface area (Å²) in [5.41, 5.74) is 0.926. The molecule has 0 saturated heterocycles. The van der Waals surface area contributed by atoms with Crippen LogP contribution in [0.15, 0.2) is 78.0 Å². The van der Waals surface area contributed by atoms with Gasteiger partial charge in [0, 0.05) is 11.6 Å². The zero-order chi connectivity index (χ0) is 21.1. The van der Waals surface area contributed by atoms with Crippen LogP contribution < -0.4 is 4.72 Å². The standard InChI is InChI=1S/C21H18N4O4S/c1-2-29-21(26)17-14-23-25(16-10-4-3-5-11-16)20(17)24-30(27,28)18-12-6-8-15-9-7-13-22-19(15)18/h3-14,24H,2H2,1H3. The zero-order valence-corrected chi connectivity index (χ0v) is 16.8. The van der Waals surface area contributed by atoms with Gasteiger partial charge in [-0.15, -0.1) is 0 Å². The average molecular weight is 422 g/mol. The Bertz CT molecular complexity index is 1310. The van der Waals surface area contributed by atoms with Crippen molar-refractivity contribution in [3.63, 3.8) is 0 Å². The van der Waals surface area contributed by atoms with Gasteiger partial charge in [0.05, 0.1) is 24.0 Å². The number of carbonyl (C=O) groups excluding carboxylic acids is 1. The molecular weight excluding hydrogens is 404 g/mol. The third-order valence-corrected chi connectivity index (χ3v) is 5.75. The Kier molecular flexibility index (Phi) is 5.20. The minimum Gasteiger partial charge on any atom is -0.462 e. The Morgan fingerprint density at radius 1 is 1.07 bits per heavy atom. The van der Waals surface area contributed by atoms with Gasteiger partial charge in [-0.2, -0.15) is 5.10 Å².